The second-order valence-corrected chi connectivity index (χ2v) is 4.23. The van der Waals surface area contributed by atoms with Gasteiger partial charge in [-0.05, 0) is 6.92 Å². The topological polar surface area (TPSA) is 59.0 Å². The number of halogens is 1. The summed E-state index contributed by atoms with van der Waals surface area (Å²) in [6.45, 7) is 3.42. The molecule has 0 bridgehead atoms. The van der Waals surface area contributed by atoms with E-state index in [1.807, 2.05) is 4.68 Å². The third-order valence-corrected chi connectivity index (χ3v) is 2.59. The van der Waals surface area contributed by atoms with Crippen LogP contribution in [0.15, 0.2) is 12.3 Å². The third-order valence-electron chi connectivity index (χ3n) is 2.39. The highest BCUT2D eigenvalue weighted by Crippen LogP contribution is 2.17. The minimum absolute atomic E-state index is 0.203. The Bertz CT molecular complexity index is 359. The average Bonchev–Trinajstić information content (AvgIpc) is 2.50. The van der Waals surface area contributed by atoms with Gasteiger partial charge in [0.2, 0.25) is 5.91 Å². The molecule has 6 heteroatoms. The molecule has 0 aromatic carbocycles. The molecule has 5 nitrogen and oxygen atoms in total. The fraction of sp³-hybridized carbons (Fsp3) is 0.556. The number of alkyl halides is 1. The van der Waals surface area contributed by atoms with Crippen LogP contribution in [0.5, 0.6) is 0 Å². The highest BCUT2D eigenvalue weighted by atomic mass is 35.5. The van der Waals surface area contributed by atoms with Crippen molar-refractivity contribution < 1.29 is 4.79 Å². The highest BCUT2D eigenvalue weighted by Gasteiger charge is 2.22. The molecule has 0 aliphatic carbocycles. The van der Waals surface area contributed by atoms with E-state index in [9.17, 15) is 4.79 Å². The number of carbonyl (C=O) groups is 1. The second-order valence-electron chi connectivity index (χ2n) is 3.58. The molecule has 0 saturated carbocycles. The first-order chi connectivity index (χ1) is 7.18. The maximum atomic E-state index is 11.4. The van der Waals surface area contributed by atoms with Gasteiger partial charge in [0.25, 0.3) is 0 Å². The lowest BCUT2D eigenvalue weighted by molar-refractivity contribution is -0.115. The number of nitrogens with one attached hydrogen (secondary N) is 2. The highest BCUT2D eigenvalue weighted by molar-refractivity contribution is 6.32. The molecule has 1 saturated heterocycles. The number of carbonyl (C=O) groups excluding carboxylic acids is 1. The number of nitrogens with zero attached hydrogens (tertiary/aromatic N) is 2. The Kier molecular flexibility index (Phi) is 2.93. The van der Waals surface area contributed by atoms with E-state index in [4.69, 9.17) is 11.6 Å². The Morgan fingerprint density at radius 3 is 3.07 bits per heavy atom. The van der Waals surface area contributed by atoms with Gasteiger partial charge in [-0.2, -0.15) is 5.10 Å². The first-order valence-corrected chi connectivity index (χ1v) is 5.31. The van der Waals surface area contributed by atoms with E-state index in [0.29, 0.717) is 11.9 Å². The zero-order valence-corrected chi connectivity index (χ0v) is 9.16. The minimum Gasteiger partial charge on any atom is -0.312 e. The molecule has 1 atom stereocenters. The van der Waals surface area contributed by atoms with E-state index in [-0.39, 0.29) is 5.91 Å². The summed E-state index contributed by atoms with van der Waals surface area (Å²) in [6, 6.07) is 2.11. The van der Waals surface area contributed by atoms with Gasteiger partial charge in [-0.3, -0.25) is 4.79 Å². The van der Waals surface area contributed by atoms with Crippen LogP contribution in [-0.4, -0.2) is 34.2 Å². The standard InChI is InChI=1S/C9H13ClN4O/c1-6(10)9(15)13-8-2-3-12-14(8)7-4-11-5-7/h2-3,6-7,11H,4-5H2,1H3,(H,13,15). The maximum Gasteiger partial charge on any atom is 0.243 e. The smallest absolute Gasteiger partial charge is 0.243 e. The van der Waals surface area contributed by atoms with Gasteiger partial charge >= 0.3 is 0 Å². The minimum atomic E-state index is -0.534. The number of rotatable bonds is 3. The predicted octanol–water partition coefficient (Wildman–Crippen LogP) is 0.593. The summed E-state index contributed by atoms with van der Waals surface area (Å²) < 4.78 is 1.81. The Balaban J connectivity index is 2.07. The van der Waals surface area contributed by atoms with Crippen molar-refractivity contribution in [3.8, 4) is 0 Å². The number of amides is 1. The Morgan fingerprint density at radius 1 is 1.80 bits per heavy atom. The van der Waals surface area contributed by atoms with Crippen LogP contribution in [0.1, 0.15) is 13.0 Å². The molecule has 82 valence electrons. The summed E-state index contributed by atoms with van der Waals surface area (Å²) >= 11 is 5.67. The molecule has 1 aromatic rings. The zero-order chi connectivity index (χ0) is 10.8. The first-order valence-electron chi connectivity index (χ1n) is 4.87. The van der Waals surface area contributed by atoms with Crippen LogP contribution in [-0.2, 0) is 4.79 Å². The van der Waals surface area contributed by atoms with Gasteiger partial charge in [0.1, 0.15) is 11.2 Å². The second kappa shape index (κ2) is 4.20. The van der Waals surface area contributed by atoms with Crippen molar-refractivity contribution in [2.45, 2.75) is 18.3 Å². The van der Waals surface area contributed by atoms with Gasteiger partial charge in [0.05, 0.1) is 12.2 Å². The SMILES string of the molecule is CC(Cl)C(=O)Nc1ccnn1C1CNC1. The molecule has 0 radical (unpaired) electrons. The molecule has 1 aliphatic heterocycles. The van der Waals surface area contributed by atoms with Gasteiger partial charge in [0.15, 0.2) is 0 Å². The number of anilines is 1. The monoisotopic (exact) mass is 228 g/mol. The van der Waals surface area contributed by atoms with Gasteiger partial charge in [-0.25, -0.2) is 4.68 Å². The molecule has 2 N–H and O–H groups in total. The average molecular weight is 229 g/mol. The number of hydrogen-bond donors (Lipinski definition) is 2. The van der Waals surface area contributed by atoms with Crippen LogP contribution < -0.4 is 10.6 Å². The van der Waals surface area contributed by atoms with E-state index < -0.39 is 5.38 Å². The van der Waals surface area contributed by atoms with Crippen LogP contribution >= 0.6 is 11.6 Å². The molecule has 1 unspecified atom stereocenters. The van der Waals surface area contributed by atoms with Gasteiger partial charge in [-0.15, -0.1) is 11.6 Å². The van der Waals surface area contributed by atoms with E-state index in [2.05, 4.69) is 15.7 Å². The number of aromatic nitrogens is 2. The molecule has 1 amide bonds. The molecule has 1 fully saturated rings. The normalized spacial score (nSPS) is 18.3. The van der Waals surface area contributed by atoms with Crippen molar-refractivity contribution in [3.63, 3.8) is 0 Å². The lowest BCUT2D eigenvalue weighted by atomic mass is 10.2. The lowest BCUT2D eigenvalue weighted by Gasteiger charge is -2.28. The summed E-state index contributed by atoms with van der Waals surface area (Å²) in [5.74, 6) is 0.504. The van der Waals surface area contributed by atoms with Crippen molar-refractivity contribution in [3.05, 3.63) is 12.3 Å². The van der Waals surface area contributed by atoms with Crippen LogP contribution in [0.2, 0.25) is 0 Å². The van der Waals surface area contributed by atoms with Crippen molar-refractivity contribution in [1.29, 1.82) is 0 Å². The van der Waals surface area contributed by atoms with Gasteiger partial charge < -0.3 is 10.6 Å². The maximum absolute atomic E-state index is 11.4. The quantitative estimate of drug-likeness (QED) is 0.745. The largest absolute Gasteiger partial charge is 0.312 e. The van der Waals surface area contributed by atoms with Gasteiger partial charge in [-0.1, -0.05) is 0 Å². The van der Waals surface area contributed by atoms with E-state index >= 15 is 0 Å². The fourth-order valence-electron chi connectivity index (χ4n) is 1.38. The molecular weight excluding hydrogens is 216 g/mol. The van der Waals surface area contributed by atoms with Crippen molar-refractivity contribution in [1.82, 2.24) is 15.1 Å². The Hall–Kier alpha value is -1.07. The van der Waals surface area contributed by atoms with Crippen molar-refractivity contribution >= 4 is 23.3 Å². The molecule has 1 aromatic heterocycles. The summed E-state index contributed by atoms with van der Waals surface area (Å²) in [7, 11) is 0. The molecule has 2 heterocycles. The van der Waals surface area contributed by atoms with Gasteiger partial charge in [0, 0.05) is 19.2 Å². The van der Waals surface area contributed by atoms with Crippen LogP contribution in [0.3, 0.4) is 0 Å². The third kappa shape index (κ3) is 2.13. The fourth-order valence-corrected chi connectivity index (χ4v) is 1.43. The summed E-state index contributed by atoms with van der Waals surface area (Å²) in [5, 5.41) is 9.53. The molecular formula is C9H13ClN4O. The van der Waals surface area contributed by atoms with E-state index in [0.717, 1.165) is 13.1 Å². The number of hydrogen-bond acceptors (Lipinski definition) is 3. The predicted molar refractivity (Wildman–Crippen MR) is 58.1 cm³/mol. The van der Waals surface area contributed by atoms with E-state index in [1.54, 1.807) is 19.2 Å². The molecule has 15 heavy (non-hydrogen) atoms. The molecule has 2 rings (SSSR count). The van der Waals surface area contributed by atoms with Crippen molar-refractivity contribution in [2.24, 2.45) is 0 Å². The van der Waals surface area contributed by atoms with Crippen LogP contribution in [0, 0.1) is 0 Å². The summed E-state index contributed by atoms with van der Waals surface area (Å²) in [5.41, 5.74) is 0. The summed E-state index contributed by atoms with van der Waals surface area (Å²) in [6.07, 6.45) is 1.67. The Morgan fingerprint density at radius 2 is 2.53 bits per heavy atom. The summed E-state index contributed by atoms with van der Waals surface area (Å²) in [4.78, 5) is 11.4. The Labute approximate surface area is 92.8 Å². The van der Waals surface area contributed by atoms with Crippen molar-refractivity contribution in [2.75, 3.05) is 18.4 Å². The van der Waals surface area contributed by atoms with E-state index in [1.165, 1.54) is 0 Å². The molecule has 1 aliphatic rings. The lowest BCUT2D eigenvalue weighted by Crippen LogP contribution is -2.44. The molecule has 0 spiro atoms. The van der Waals surface area contributed by atoms with Crippen LogP contribution in [0.4, 0.5) is 5.82 Å². The first kappa shape index (κ1) is 10.4. The zero-order valence-electron chi connectivity index (χ0n) is 8.40. The van der Waals surface area contributed by atoms with Crippen LogP contribution in [0.25, 0.3) is 0 Å².